The molecule has 0 aliphatic carbocycles. The Bertz CT molecular complexity index is 426. The topological polar surface area (TPSA) is 73.6 Å². The average molecular weight is 284 g/mol. The van der Waals surface area contributed by atoms with Crippen LogP contribution in [0.25, 0.3) is 0 Å². The van der Waals surface area contributed by atoms with Gasteiger partial charge in [-0.1, -0.05) is 0 Å². The second-order valence-electron chi connectivity index (χ2n) is 3.95. The zero-order valence-electron chi connectivity index (χ0n) is 11.4. The minimum atomic E-state index is -0.499. The highest BCUT2D eigenvalue weighted by molar-refractivity contribution is 7.98. The number of thioether (sulfide) groups is 1. The fraction of sp³-hybridized carbons (Fsp3) is 0.462. The Morgan fingerprint density at radius 1 is 1.37 bits per heavy atom. The number of nitrogens with one attached hydrogen (secondary N) is 1. The van der Waals surface area contributed by atoms with Crippen LogP contribution in [0.1, 0.15) is 6.42 Å². The molecule has 19 heavy (non-hydrogen) atoms. The first-order chi connectivity index (χ1) is 9.12. The fourth-order valence-corrected chi connectivity index (χ4v) is 2.01. The van der Waals surface area contributed by atoms with E-state index in [1.54, 1.807) is 44.2 Å². The molecule has 0 radical (unpaired) electrons. The number of methoxy groups -OCH3 is 2. The van der Waals surface area contributed by atoms with Gasteiger partial charge < -0.3 is 20.5 Å². The Morgan fingerprint density at radius 2 is 2.05 bits per heavy atom. The number of carbonyl (C=O) groups is 1. The molecule has 0 heterocycles. The van der Waals surface area contributed by atoms with E-state index in [9.17, 15) is 4.79 Å². The van der Waals surface area contributed by atoms with E-state index >= 15 is 0 Å². The van der Waals surface area contributed by atoms with E-state index in [1.165, 1.54) is 0 Å². The maximum Gasteiger partial charge on any atom is 0.241 e. The summed E-state index contributed by atoms with van der Waals surface area (Å²) in [6.07, 6.45) is 2.64. The van der Waals surface area contributed by atoms with Gasteiger partial charge in [-0.05, 0) is 30.6 Å². The standard InChI is InChI=1S/C13H20N2O3S/c1-17-11-5-4-9(8-12(11)18-2)15-13(16)10(14)6-7-19-3/h4-5,8,10H,6-7,14H2,1-3H3,(H,15,16)/t10-/m1/s1. The monoisotopic (exact) mass is 284 g/mol. The van der Waals surface area contributed by atoms with Gasteiger partial charge in [-0.3, -0.25) is 4.79 Å². The van der Waals surface area contributed by atoms with Crippen molar-refractivity contribution in [3.63, 3.8) is 0 Å². The third-order valence-corrected chi connectivity index (χ3v) is 3.26. The smallest absolute Gasteiger partial charge is 0.241 e. The van der Waals surface area contributed by atoms with Gasteiger partial charge in [0.25, 0.3) is 0 Å². The number of amides is 1. The number of hydrogen-bond acceptors (Lipinski definition) is 5. The number of rotatable bonds is 7. The summed E-state index contributed by atoms with van der Waals surface area (Å²) in [5.41, 5.74) is 6.44. The number of anilines is 1. The molecule has 1 rings (SSSR count). The van der Waals surface area contributed by atoms with Gasteiger partial charge >= 0.3 is 0 Å². The Labute approximate surface area is 117 Å². The molecule has 0 aliphatic heterocycles. The molecule has 1 amide bonds. The van der Waals surface area contributed by atoms with Crippen LogP contribution in [0.3, 0.4) is 0 Å². The van der Waals surface area contributed by atoms with E-state index in [1.807, 2.05) is 6.26 Å². The van der Waals surface area contributed by atoms with E-state index in [4.69, 9.17) is 15.2 Å². The van der Waals surface area contributed by atoms with Crippen molar-refractivity contribution in [2.75, 3.05) is 31.5 Å². The molecule has 0 fully saturated rings. The second-order valence-corrected chi connectivity index (χ2v) is 4.93. The van der Waals surface area contributed by atoms with Crippen LogP contribution in [0.2, 0.25) is 0 Å². The van der Waals surface area contributed by atoms with Crippen molar-refractivity contribution < 1.29 is 14.3 Å². The summed E-state index contributed by atoms with van der Waals surface area (Å²) < 4.78 is 10.3. The van der Waals surface area contributed by atoms with Crippen LogP contribution in [-0.4, -0.2) is 38.2 Å². The molecule has 0 spiro atoms. The molecule has 106 valence electrons. The number of benzene rings is 1. The normalized spacial score (nSPS) is 11.8. The number of ether oxygens (including phenoxy) is 2. The summed E-state index contributed by atoms with van der Waals surface area (Å²) in [6, 6.07) is 4.70. The molecular formula is C13H20N2O3S. The number of hydrogen-bond donors (Lipinski definition) is 2. The molecule has 0 aliphatic rings. The van der Waals surface area contributed by atoms with Crippen molar-refractivity contribution in [1.82, 2.24) is 0 Å². The highest BCUT2D eigenvalue weighted by Crippen LogP contribution is 2.29. The van der Waals surface area contributed by atoms with Gasteiger partial charge in [-0.25, -0.2) is 0 Å². The Balaban J connectivity index is 2.69. The summed E-state index contributed by atoms with van der Waals surface area (Å²) in [6.45, 7) is 0. The Kier molecular flexibility index (Phi) is 6.52. The first-order valence-corrected chi connectivity index (χ1v) is 7.29. The predicted molar refractivity (Wildman–Crippen MR) is 79.2 cm³/mol. The molecule has 1 atom stereocenters. The summed E-state index contributed by atoms with van der Waals surface area (Å²) in [7, 11) is 3.11. The van der Waals surface area contributed by atoms with Crippen molar-refractivity contribution in [2.24, 2.45) is 5.73 Å². The first-order valence-electron chi connectivity index (χ1n) is 5.89. The lowest BCUT2D eigenvalue weighted by Gasteiger charge is -2.13. The zero-order valence-corrected chi connectivity index (χ0v) is 12.3. The molecule has 0 aromatic heterocycles. The lowest BCUT2D eigenvalue weighted by Crippen LogP contribution is -2.36. The minimum Gasteiger partial charge on any atom is -0.493 e. The van der Waals surface area contributed by atoms with Gasteiger partial charge in [-0.15, -0.1) is 0 Å². The lowest BCUT2D eigenvalue weighted by molar-refractivity contribution is -0.117. The summed E-state index contributed by atoms with van der Waals surface area (Å²) >= 11 is 1.67. The first kappa shape index (κ1) is 15.7. The SMILES string of the molecule is COc1ccc(NC(=O)[C@H](N)CCSC)cc1OC. The summed E-state index contributed by atoms with van der Waals surface area (Å²) in [4.78, 5) is 11.9. The fourth-order valence-electron chi connectivity index (χ4n) is 1.52. The minimum absolute atomic E-state index is 0.193. The molecule has 0 bridgehead atoms. The van der Waals surface area contributed by atoms with Crippen molar-refractivity contribution in [3.05, 3.63) is 18.2 Å². The van der Waals surface area contributed by atoms with E-state index in [0.717, 1.165) is 5.75 Å². The van der Waals surface area contributed by atoms with Crippen LogP contribution in [0.4, 0.5) is 5.69 Å². The van der Waals surface area contributed by atoms with Gasteiger partial charge in [0.2, 0.25) is 5.91 Å². The number of nitrogens with two attached hydrogens (primary N) is 1. The molecule has 3 N–H and O–H groups in total. The van der Waals surface area contributed by atoms with E-state index in [0.29, 0.717) is 23.6 Å². The van der Waals surface area contributed by atoms with Crippen molar-refractivity contribution in [3.8, 4) is 11.5 Å². The molecule has 5 nitrogen and oxygen atoms in total. The third-order valence-electron chi connectivity index (χ3n) is 2.62. The Morgan fingerprint density at radius 3 is 2.63 bits per heavy atom. The zero-order chi connectivity index (χ0) is 14.3. The molecule has 1 aromatic carbocycles. The molecule has 6 heteroatoms. The van der Waals surface area contributed by atoms with Crippen LogP contribution < -0.4 is 20.5 Å². The maximum atomic E-state index is 11.9. The average Bonchev–Trinajstić information content (AvgIpc) is 2.44. The lowest BCUT2D eigenvalue weighted by atomic mass is 10.2. The molecular weight excluding hydrogens is 264 g/mol. The van der Waals surface area contributed by atoms with Crippen LogP contribution >= 0.6 is 11.8 Å². The van der Waals surface area contributed by atoms with Crippen LogP contribution in [0.15, 0.2) is 18.2 Å². The van der Waals surface area contributed by atoms with E-state index < -0.39 is 6.04 Å². The predicted octanol–water partition coefficient (Wildman–Crippen LogP) is 1.72. The van der Waals surface area contributed by atoms with Crippen molar-refractivity contribution >= 4 is 23.4 Å². The van der Waals surface area contributed by atoms with Gasteiger partial charge in [0.1, 0.15) is 0 Å². The largest absolute Gasteiger partial charge is 0.493 e. The van der Waals surface area contributed by atoms with Crippen LogP contribution in [0.5, 0.6) is 11.5 Å². The Hall–Kier alpha value is -1.40. The van der Waals surface area contributed by atoms with Gasteiger partial charge in [0.15, 0.2) is 11.5 Å². The van der Waals surface area contributed by atoms with Gasteiger partial charge in [-0.2, -0.15) is 11.8 Å². The second kappa shape index (κ2) is 7.91. The molecule has 0 saturated carbocycles. The molecule has 0 unspecified atom stereocenters. The summed E-state index contributed by atoms with van der Waals surface area (Å²) in [5.74, 6) is 1.85. The maximum absolute atomic E-state index is 11.9. The van der Waals surface area contributed by atoms with Gasteiger partial charge in [0, 0.05) is 11.8 Å². The van der Waals surface area contributed by atoms with Gasteiger partial charge in [0.05, 0.1) is 20.3 Å². The highest BCUT2D eigenvalue weighted by Gasteiger charge is 2.14. The van der Waals surface area contributed by atoms with E-state index in [2.05, 4.69) is 5.32 Å². The quantitative estimate of drug-likeness (QED) is 0.797. The van der Waals surface area contributed by atoms with Crippen molar-refractivity contribution in [2.45, 2.75) is 12.5 Å². The van der Waals surface area contributed by atoms with Crippen LogP contribution in [0, 0.1) is 0 Å². The third kappa shape index (κ3) is 4.65. The number of carbonyl (C=O) groups excluding carboxylic acids is 1. The summed E-state index contributed by atoms with van der Waals surface area (Å²) in [5, 5.41) is 2.77. The van der Waals surface area contributed by atoms with Crippen molar-refractivity contribution in [1.29, 1.82) is 0 Å². The van der Waals surface area contributed by atoms with Crippen LogP contribution in [-0.2, 0) is 4.79 Å². The molecule has 1 aromatic rings. The van der Waals surface area contributed by atoms with E-state index in [-0.39, 0.29) is 5.91 Å². The molecule has 0 saturated heterocycles. The highest BCUT2D eigenvalue weighted by atomic mass is 32.2.